The first-order valence-corrected chi connectivity index (χ1v) is 11.9. The van der Waals surface area contributed by atoms with Gasteiger partial charge in [-0.2, -0.15) is 5.10 Å². The maximum absolute atomic E-state index is 12.4. The first-order chi connectivity index (χ1) is 13.9. The molecule has 0 atom stereocenters. The number of hydrogen-bond acceptors (Lipinski definition) is 7. The van der Waals surface area contributed by atoms with Crippen LogP contribution in [0.3, 0.4) is 0 Å². The zero-order chi connectivity index (χ0) is 20.4. The van der Waals surface area contributed by atoms with Gasteiger partial charge in [-0.25, -0.2) is 27.4 Å². The number of hydrogen-bond donors (Lipinski definition) is 1. The van der Waals surface area contributed by atoms with Crippen LogP contribution in [0, 0.1) is 5.92 Å². The smallest absolute Gasteiger partial charge is 0.223 e. The van der Waals surface area contributed by atoms with E-state index in [0.29, 0.717) is 39.0 Å². The summed E-state index contributed by atoms with van der Waals surface area (Å²) in [5, 5.41) is 8.33. The molecular formula is C18H27N7O3S. The Balaban J connectivity index is 1.32. The fourth-order valence-corrected chi connectivity index (χ4v) is 4.98. The lowest BCUT2D eigenvalue weighted by atomic mass is 9.97. The lowest BCUT2D eigenvalue weighted by Crippen LogP contribution is -2.43. The summed E-state index contributed by atoms with van der Waals surface area (Å²) >= 11 is 0. The minimum atomic E-state index is -3.18. The van der Waals surface area contributed by atoms with Gasteiger partial charge in [-0.3, -0.25) is 4.79 Å². The van der Waals surface area contributed by atoms with Crippen molar-refractivity contribution >= 4 is 32.8 Å². The summed E-state index contributed by atoms with van der Waals surface area (Å²) in [5.41, 5.74) is 0.776. The average molecular weight is 422 g/mol. The lowest BCUT2D eigenvalue weighted by molar-refractivity contribution is -0.126. The molecule has 2 fully saturated rings. The van der Waals surface area contributed by atoms with Crippen molar-refractivity contribution in [3.63, 3.8) is 0 Å². The van der Waals surface area contributed by atoms with Crippen LogP contribution in [0.25, 0.3) is 11.0 Å². The molecule has 2 aliphatic heterocycles. The summed E-state index contributed by atoms with van der Waals surface area (Å²) in [6.07, 6.45) is 8.03. The van der Waals surface area contributed by atoms with E-state index in [1.165, 1.54) is 23.4 Å². The Morgan fingerprint density at radius 3 is 2.59 bits per heavy atom. The van der Waals surface area contributed by atoms with E-state index in [-0.39, 0.29) is 11.8 Å². The van der Waals surface area contributed by atoms with Crippen LogP contribution in [0.2, 0.25) is 0 Å². The molecule has 1 N–H and O–H groups in total. The van der Waals surface area contributed by atoms with Crippen molar-refractivity contribution < 1.29 is 13.2 Å². The molecule has 2 aromatic rings. The van der Waals surface area contributed by atoms with Crippen molar-refractivity contribution in [2.75, 3.05) is 43.9 Å². The Bertz CT molecular complexity index is 977. The normalized spacial score (nSPS) is 19.1. The maximum Gasteiger partial charge on any atom is 0.223 e. The molecule has 0 bridgehead atoms. The first kappa shape index (κ1) is 20.0. The predicted molar refractivity (Wildman–Crippen MR) is 109 cm³/mol. The van der Waals surface area contributed by atoms with Crippen molar-refractivity contribution in [3.8, 4) is 0 Å². The quantitative estimate of drug-likeness (QED) is 0.709. The van der Waals surface area contributed by atoms with Gasteiger partial charge in [-0.1, -0.05) is 0 Å². The van der Waals surface area contributed by atoms with Crippen LogP contribution in [0.1, 0.15) is 25.7 Å². The second-order valence-corrected chi connectivity index (χ2v) is 9.71. The molecule has 10 nitrogen and oxygen atoms in total. The van der Waals surface area contributed by atoms with E-state index in [0.717, 1.165) is 29.9 Å². The molecule has 4 rings (SSSR count). The minimum Gasteiger partial charge on any atom is -0.356 e. The molecule has 2 aromatic heterocycles. The first-order valence-electron chi connectivity index (χ1n) is 10.1. The van der Waals surface area contributed by atoms with E-state index in [4.69, 9.17) is 0 Å². The summed E-state index contributed by atoms with van der Waals surface area (Å²) in [6.45, 7) is 3.78. The van der Waals surface area contributed by atoms with Gasteiger partial charge in [0, 0.05) is 38.6 Å². The molecule has 0 saturated carbocycles. The van der Waals surface area contributed by atoms with Gasteiger partial charge in [0.15, 0.2) is 5.65 Å². The van der Waals surface area contributed by atoms with E-state index in [1.807, 2.05) is 0 Å². The number of anilines is 1. The Labute approximate surface area is 170 Å². The molecular weight excluding hydrogens is 394 g/mol. The number of piperidine rings is 1. The molecule has 0 unspecified atom stereocenters. The van der Waals surface area contributed by atoms with Gasteiger partial charge in [-0.15, -0.1) is 0 Å². The average Bonchev–Trinajstić information content (AvgIpc) is 3.37. The van der Waals surface area contributed by atoms with Gasteiger partial charge >= 0.3 is 0 Å². The van der Waals surface area contributed by atoms with Crippen LogP contribution in [0.15, 0.2) is 12.5 Å². The maximum atomic E-state index is 12.4. The highest BCUT2D eigenvalue weighted by molar-refractivity contribution is 7.88. The Morgan fingerprint density at radius 2 is 1.90 bits per heavy atom. The Morgan fingerprint density at radius 1 is 1.17 bits per heavy atom. The van der Waals surface area contributed by atoms with E-state index >= 15 is 0 Å². The monoisotopic (exact) mass is 421 g/mol. The van der Waals surface area contributed by atoms with Gasteiger partial charge in [0.05, 0.1) is 24.4 Å². The zero-order valence-corrected chi connectivity index (χ0v) is 17.4. The van der Waals surface area contributed by atoms with Crippen molar-refractivity contribution in [1.29, 1.82) is 0 Å². The summed E-state index contributed by atoms with van der Waals surface area (Å²) in [5.74, 6) is 0.758. The summed E-state index contributed by atoms with van der Waals surface area (Å²) in [4.78, 5) is 23.5. The van der Waals surface area contributed by atoms with Crippen molar-refractivity contribution in [1.82, 2.24) is 29.4 Å². The standard InChI is InChI=1S/C18H27N7O3S/c1-29(27,28)24-9-4-14(5-10-24)18(26)19-6-11-25-17-15(12-22-25)16(20-13-21-17)23-7-2-3-8-23/h12-14H,2-11H2,1H3,(H,19,26). The molecule has 2 aliphatic rings. The minimum absolute atomic E-state index is 0.0259. The second kappa shape index (κ2) is 8.23. The third-order valence-electron chi connectivity index (χ3n) is 5.73. The molecule has 29 heavy (non-hydrogen) atoms. The van der Waals surface area contributed by atoms with Gasteiger partial charge in [0.25, 0.3) is 0 Å². The summed E-state index contributed by atoms with van der Waals surface area (Å²) in [6, 6.07) is 0. The number of carbonyl (C=O) groups is 1. The van der Waals surface area contributed by atoms with Crippen LogP contribution < -0.4 is 10.2 Å². The zero-order valence-electron chi connectivity index (χ0n) is 16.6. The molecule has 11 heteroatoms. The van der Waals surface area contributed by atoms with Gasteiger partial charge in [-0.05, 0) is 25.7 Å². The largest absolute Gasteiger partial charge is 0.356 e. The van der Waals surface area contributed by atoms with Crippen molar-refractivity contribution in [3.05, 3.63) is 12.5 Å². The SMILES string of the molecule is CS(=O)(=O)N1CCC(C(=O)NCCn2ncc3c(N4CCCC4)ncnc32)CC1. The molecule has 0 radical (unpaired) electrons. The van der Waals surface area contributed by atoms with Crippen LogP contribution in [-0.2, 0) is 21.4 Å². The Hall–Kier alpha value is -2.27. The second-order valence-electron chi connectivity index (χ2n) is 7.72. The van der Waals surface area contributed by atoms with Crippen LogP contribution in [-0.4, -0.2) is 77.4 Å². The van der Waals surface area contributed by atoms with Crippen LogP contribution >= 0.6 is 0 Å². The highest BCUT2D eigenvalue weighted by Gasteiger charge is 2.28. The summed E-state index contributed by atoms with van der Waals surface area (Å²) in [7, 11) is -3.18. The third kappa shape index (κ3) is 4.35. The molecule has 0 aromatic carbocycles. The van der Waals surface area contributed by atoms with E-state index in [1.54, 1.807) is 17.2 Å². The molecule has 2 saturated heterocycles. The molecule has 1 amide bonds. The van der Waals surface area contributed by atoms with Crippen LogP contribution in [0.5, 0.6) is 0 Å². The highest BCUT2D eigenvalue weighted by atomic mass is 32.2. The number of nitrogens with zero attached hydrogens (tertiary/aromatic N) is 6. The third-order valence-corrected chi connectivity index (χ3v) is 7.04. The molecule has 0 aliphatic carbocycles. The summed E-state index contributed by atoms with van der Waals surface area (Å²) < 4.78 is 26.4. The predicted octanol–water partition coefficient (Wildman–Crippen LogP) is 0.214. The number of sulfonamides is 1. The fourth-order valence-electron chi connectivity index (χ4n) is 4.10. The number of fused-ring (bicyclic) bond motifs is 1. The van der Waals surface area contributed by atoms with Crippen molar-refractivity contribution in [2.45, 2.75) is 32.2 Å². The lowest BCUT2D eigenvalue weighted by Gasteiger charge is -2.29. The van der Waals surface area contributed by atoms with E-state index in [2.05, 4.69) is 25.3 Å². The number of nitrogens with one attached hydrogen (secondary N) is 1. The number of rotatable bonds is 6. The number of carbonyl (C=O) groups excluding carboxylic acids is 1. The van der Waals surface area contributed by atoms with Gasteiger partial charge < -0.3 is 10.2 Å². The molecule has 0 spiro atoms. The van der Waals surface area contributed by atoms with E-state index < -0.39 is 10.0 Å². The fraction of sp³-hybridized carbons (Fsp3) is 0.667. The van der Waals surface area contributed by atoms with Gasteiger partial charge in [0.2, 0.25) is 15.9 Å². The van der Waals surface area contributed by atoms with Crippen molar-refractivity contribution in [2.24, 2.45) is 5.92 Å². The van der Waals surface area contributed by atoms with E-state index in [9.17, 15) is 13.2 Å². The van der Waals surface area contributed by atoms with Crippen LogP contribution in [0.4, 0.5) is 5.82 Å². The highest BCUT2D eigenvalue weighted by Crippen LogP contribution is 2.25. The van der Waals surface area contributed by atoms with Gasteiger partial charge in [0.1, 0.15) is 12.1 Å². The number of aromatic nitrogens is 4. The molecule has 4 heterocycles. The topological polar surface area (TPSA) is 113 Å². The number of amides is 1. The molecule has 158 valence electrons. The Kier molecular flexibility index (Phi) is 5.68.